The van der Waals surface area contributed by atoms with Crippen LogP contribution in [0.1, 0.15) is 13.3 Å². The van der Waals surface area contributed by atoms with Crippen LogP contribution in [-0.4, -0.2) is 27.5 Å². The van der Waals surface area contributed by atoms with Crippen molar-refractivity contribution in [2.24, 2.45) is 5.92 Å². The first-order chi connectivity index (χ1) is 10.1. The fourth-order valence-corrected chi connectivity index (χ4v) is 4.21. The van der Waals surface area contributed by atoms with Gasteiger partial charge in [0.1, 0.15) is 0 Å². The van der Waals surface area contributed by atoms with Crippen LogP contribution in [0.25, 0.3) is 10.8 Å². The molecule has 1 fully saturated rings. The van der Waals surface area contributed by atoms with E-state index in [4.69, 9.17) is 0 Å². The van der Waals surface area contributed by atoms with Gasteiger partial charge in [-0.15, -0.1) is 0 Å². The van der Waals surface area contributed by atoms with Crippen molar-refractivity contribution < 1.29 is 8.42 Å². The van der Waals surface area contributed by atoms with E-state index in [0.717, 1.165) is 30.3 Å². The van der Waals surface area contributed by atoms with Crippen LogP contribution < -0.4 is 10.0 Å². The second-order valence-corrected chi connectivity index (χ2v) is 7.42. The van der Waals surface area contributed by atoms with Crippen molar-refractivity contribution in [3.63, 3.8) is 0 Å². The highest BCUT2D eigenvalue weighted by Crippen LogP contribution is 2.20. The van der Waals surface area contributed by atoms with Crippen molar-refractivity contribution in [3.05, 3.63) is 42.5 Å². The quantitative estimate of drug-likeness (QED) is 0.913. The molecule has 0 radical (unpaired) electrons. The molecule has 1 aliphatic rings. The Labute approximate surface area is 125 Å². The predicted molar refractivity (Wildman–Crippen MR) is 84.7 cm³/mol. The standard InChI is InChI=1S/C16H20N2O2S/c1-12-11-17-9-8-16(12)18-21(19,20)15-7-6-13-4-2-3-5-14(13)10-15/h2-7,10,12,16-18H,8-9,11H2,1H3. The highest BCUT2D eigenvalue weighted by molar-refractivity contribution is 7.89. The minimum absolute atomic E-state index is 0.00252. The van der Waals surface area contributed by atoms with Crippen LogP contribution in [0.5, 0.6) is 0 Å². The third-order valence-electron chi connectivity index (χ3n) is 4.12. The molecule has 1 aliphatic heterocycles. The van der Waals surface area contributed by atoms with Crippen molar-refractivity contribution in [3.8, 4) is 0 Å². The lowest BCUT2D eigenvalue weighted by molar-refractivity contribution is 0.328. The fourth-order valence-electron chi connectivity index (χ4n) is 2.79. The Bertz CT molecular complexity index is 743. The van der Waals surface area contributed by atoms with Crippen molar-refractivity contribution in [1.82, 2.24) is 10.0 Å². The maximum Gasteiger partial charge on any atom is 0.240 e. The number of piperidine rings is 1. The molecule has 5 heteroatoms. The minimum Gasteiger partial charge on any atom is -0.316 e. The highest BCUT2D eigenvalue weighted by Gasteiger charge is 2.26. The Balaban J connectivity index is 1.88. The molecule has 1 heterocycles. The number of nitrogens with one attached hydrogen (secondary N) is 2. The number of hydrogen-bond donors (Lipinski definition) is 2. The van der Waals surface area contributed by atoms with E-state index in [9.17, 15) is 8.42 Å². The molecular formula is C16H20N2O2S. The molecule has 2 N–H and O–H groups in total. The van der Waals surface area contributed by atoms with E-state index in [2.05, 4.69) is 17.0 Å². The van der Waals surface area contributed by atoms with Crippen molar-refractivity contribution >= 4 is 20.8 Å². The fraction of sp³-hybridized carbons (Fsp3) is 0.375. The minimum atomic E-state index is -3.46. The Morgan fingerprint density at radius 3 is 2.67 bits per heavy atom. The average molecular weight is 304 g/mol. The summed E-state index contributed by atoms with van der Waals surface area (Å²) >= 11 is 0. The zero-order valence-electron chi connectivity index (χ0n) is 12.0. The van der Waals surface area contributed by atoms with E-state index < -0.39 is 10.0 Å². The Morgan fingerprint density at radius 1 is 1.14 bits per heavy atom. The van der Waals surface area contributed by atoms with Crippen LogP contribution in [0.3, 0.4) is 0 Å². The van der Waals surface area contributed by atoms with Gasteiger partial charge in [-0.2, -0.15) is 0 Å². The molecule has 0 saturated carbocycles. The topological polar surface area (TPSA) is 58.2 Å². The van der Waals surface area contributed by atoms with Gasteiger partial charge in [-0.1, -0.05) is 37.3 Å². The van der Waals surface area contributed by atoms with Crippen molar-refractivity contribution in [2.45, 2.75) is 24.3 Å². The molecule has 2 unspecified atom stereocenters. The second-order valence-electron chi connectivity index (χ2n) is 5.71. The van der Waals surface area contributed by atoms with Crippen LogP contribution in [0.2, 0.25) is 0 Å². The van der Waals surface area contributed by atoms with Gasteiger partial charge < -0.3 is 5.32 Å². The molecule has 0 spiro atoms. The van der Waals surface area contributed by atoms with Gasteiger partial charge in [-0.25, -0.2) is 13.1 Å². The number of hydrogen-bond acceptors (Lipinski definition) is 3. The molecule has 0 aliphatic carbocycles. The first-order valence-electron chi connectivity index (χ1n) is 7.28. The van der Waals surface area contributed by atoms with Crippen LogP contribution >= 0.6 is 0 Å². The van der Waals surface area contributed by atoms with Gasteiger partial charge in [0, 0.05) is 6.04 Å². The van der Waals surface area contributed by atoms with Crippen LogP contribution in [-0.2, 0) is 10.0 Å². The Morgan fingerprint density at radius 2 is 1.90 bits per heavy atom. The largest absolute Gasteiger partial charge is 0.316 e. The third-order valence-corrected chi connectivity index (χ3v) is 5.61. The van der Waals surface area contributed by atoms with Crippen molar-refractivity contribution in [2.75, 3.05) is 13.1 Å². The van der Waals surface area contributed by atoms with Gasteiger partial charge in [0.05, 0.1) is 4.90 Å². The van der Waals surface area contributed by atoms with Gasteiger partial charge in [0.2, 0.25) is 10.0 Å². The average Bonchev–Trinajstić information content (AvgIpc) is 2.49. The van der Waals surface area contributed by atoms with Crippen LogP contribution in [0.15, 0.2) is 47.4 Å². The summed E-state index contributed by atoms with van der Waals surface area (Å²) in [5.41, 5.74) is 0. The van der Waals surface area contributed by atoms with Gasteiger partial charge in [0.25, 0.3) is 0 Å². The zero-order valence-corrected chi connectivity index (χ0v) is 12.9. The zero-order chi connectivity index (χ0) is 14.9. The molecule has 21 heavy (non-hydrogen) atoms. The normalized spacial score (nSPS) is 23.3. The number of sulfonamides is 1. The molecule has 4 nitrogen and oxygen atoms in total. The SMILES string of the molecule is CC1CNCCC1NS(=O)(=O)c1ccc2ccccc2c1. The summed E-state index contributed by atoms with van der Waals surface area (Å²) in [6.45, 7) is 3.78. The molecule has 1 saturated heterocycles. The molecule has 3 rings (SSSR count). The summed E-state index contributed by atoms with van der Waals surface area (Å²) < 4.78 is 28.0. The maximum atomic E-state index is 12.6. The molecular weight excluding hydrogens is 284 g/mol. The molecule has 112 valence electrons. The predicted octanol–water partition coefficient (Wildman–Crippen LogP) is 2.12. The van der Waals surface area contributed by atoms with Gasteiger partial charge >= 0.3 is 0 Å². The molecule has 2 aromatic rings. The molecule has 0 aromatic heterocycles. The third kappa shape index (κ3) is 3.10. The number of fused-ring (bicyclic) bond motifs is 1. The summed E-state index contributed by atoms with van der Waals surface area (Å²) in [6, 6.07) is 13.1. The lowest BCUT2D eigenvalue weighted by atomic mass is 9.97. The van der Waals surface area contributed by atoms with Gasteiger partial charge in [-0.05, 0) is 48.3 Å². The molecule has 0 amide bonds. The molecule has 2 aromatic carbocycles. The summed E-state index contributed by atoms with van der Waals surface area (Å²) in [4.78, 5) is 0.340. The first-order valence-corrected chi connectivity index (χ1v) is 8.76. The Kier molecular flexibility index (Phi) is 3.97. The van der Waals surface area contributed by atoms with E-state index >= 15 is 0 Å². The lowest BCUT2D eigenvalue weighted by Gasteiger charge is -2.29. The van der Waals surface area contributed by atoms with E-state index in [-0.39, 0.29) is 6.04 Å². The highest BCUT2D eigenvalue weighted by atomic mass is 32.2. The van der Waals surface area contributed by atoms with E-state index in [1.54, 1.807) is 12.1 Å². The van der Waals surface area contributed by atoms with Gasteiger partial charge in [-0.3, -0.25) is 0 Å². The van der Waals surface area contributed by atoms with Crippen molar-refractivity contribution in [1.29, 1.82) is 0 Å². The van der Waals surface area contributed by atoms with E-state index in [0.29, 0.717) is 10.8 Å². The second kappa shape index (κ2) is 5.75. The van der Waals surface area contributed by atoms with Gasteiger partial charge in [0.15, 0.2) is 0 Å². The Hall–Kier alpha value is -1.43. The molecule has 0 bridgehead atoms. The smallest absolute Gasteiger partial charge is 0.240 e. The molecule has 2 atom stereocenters. The van der Waals surface area contributed by atoms with Crippen LogP contribution in [0, 0.1) is 5.92 Å². The summed E-state index contributed by atoms with van der Waals surface area (Å²) in [5, 5.41) is 5.27. The van der Waals surface area contributed by atoms with E-state index in [1.807, 2.05) is 30.3 Å². The van der Waals surface area contributed by atoms with E-state index in [1.165, 1.54) is 0 Å². The summed E-state index contributed by atoms with van der Waals surface area (Å²) in [6.07, 6.45) is 0.827. The van der Waals surface area contributed by atoms with Crippen LogP contribution in [0.4, 0.5) is 0 Å². The number of benzene rings is 2. The summed E-state index contributed by atoms with van der Waals surface area (Å²) in [7, 11) is -3.46. The summed E-state index contributed by atoms with van der Waals surface area (Å²) in [5.74, 6) is 0.300. The monoisotopic (exact) mass is 304 g/mol. The number of rotatable bonds is 3. The maximum absolute atomic E-state index is 12.6. The first kappa shape index (κ1) is 14.5. The lowest BCUT2D eigenvalue weighted by Crippen LogP contribution is -2.48.